The van der Waals surface area contributed by atoms with Crippen molar-refractivity contribution in [2.24, 2.45) is 0 Å². The van der Waals surface area contributed by atoms with Gasteiger partial charge in [0.2, 0.25) is 5.76 Å². The molecule has 0 saturated heterocycles. The Labute approximate surface area is 84.2 Å². The molecule has 7 heteroatoms. The topological polar surface area (TPSA) is 57.2 Å². The molecule has 0 aliphatic carbocycles. The van der Waals surface area contributed by atoms with Crippen LogP contribution in [0.4, 0.5) is 13.2 Å². The molecule has 0 aliphatic heterocycles. The molecule has 0 fully saturated rings. The van der Waals surface area contributed by atoms with Gasteiger partial charge in [-0.2, -0.15) is 13.2 Å². The molecule has 13 heavy (non-hydrogen) atoms. The van der Waals surface area contributed by atoms with E-state index in [1.54, 1.807) is 0 Å². The number of hydrogen-bond donors (Lipinski definition) is 1. The van der Waals surface area contributed by atoms with Crippen LogP contribution < -0.4 is 0 Å². The van der Waals surface area contributed by atoms with Gasteiger partial charge in [-0.15, -0.1) is 0 Å². The molecule has 0 bridgehead atoms. The van der Waals surface area contributed by atoms with Gasteiger partial charge in [0, 0.05) is 6.08 Å². The van der Waals surface area contributed by atoms with Crippen LogP contribution in [-0.4, -0.2) is 17.1 Å². The molecule has 0 atom stereocenters. The van der Waals surface area contributed by atoms with Crippen molar-refractivity contribution in [2.45, 2.75) is 13.1 Å². The molecule has 1 N–H and O–H groups in total. The van der Waals surface area contributed by atoms with Crippen LogP contribution in [0.5, 0.6) is 0 Å². The number of hydrogen-bond acceptors (Lipinski definition) is 2. The van der Waals surface area contributed by atoms with E-state index in [1.807, 2.05) is 0 Å². The second-order valence-electron chi connectivity index (χ2n) is 1.64. The molecular weight excluding hydrogens is 228 g/mol. The Morgan fingerprint density at radius 1 is 1.46 bits per heavy atom. The Bertz CT molecular complexity index is 207. The average Bonchev–Trinajstić information content (AvgIpc) is 1.88. The molecule has 0 aliphatic rings. The minimum atomic E-state index is -4.81. The van der Waals surface area contributed by atoms with Crippen molar-refractivity contribution in [1.82, 2.24) is 0 Å². The standard InChI is InChI=1S/C5H5F3O2.CO.V/c1-3(9)2-4(10)5(6,7)8;1-2;/h2,10H,1H3;;/q;;+4/b4-2-;;. The van der Waals surface area contributed by atoms with Crippen molar-refractivity contribution in [3.05, 3.63) is 18.5 Å². The van der Waals surface area contributed by atoms with Gasteiger partial charge in [0.15, 0.2) is 5.78 Å². The maximum Gasteiger partial charge on any atom is 4.00 e. The third-order valence-corrected chi connectivity index (χ3v) is 0.630. The van der Waals surface area contributed by atoms with E-state index in [0.717, 1.165) is 6.92 Å². The largest absolute Gasteiger partial charge is 4.00 e. The molecular formula is C6H5F3O3V+4. The number of carbonyl (C=O) groups excluding carboxylic acids is 1. The number of aliphatic hydroxyl groups excluding tert-OH is 1. The van der Waals surface area contributed by atoms with Crippen LogP contribution in [0.15, 0.2) is 11.8 Å². The maximum atomic E-state index is 11.3. The van der Waals surface area contributed by atoms with Gasteiger partial charge in [-0.3, -0.25) is 4.79 Å². The summed E-state index contributed by atoms with van der Waals surface area (Å²) in [6, 6.07) is 0. The van der Waals surface area contributed by atoms with Crippen LogP contribution in [0, 0.1) is 6.65 Å². The van der Waals surface area contributed by atoms with Gasteiger partial charge in [-0.1, -0.05) is 0 Å². The summed E-state index contributed by atoms with van der Waals surface area (Å²) in [5, 5.41) is 8.07. The van der Waals surface area contributed by atoms with Crippen molar-refractivity contribution in [3.8, 4) is 0 Å². The number of carbonyl (C=O) groups is 1. The third-order valence-electron chi connectivity index (χ3n) is 0.630. The quantitative estimate of drug-likeness (QED) is 0.323. The van der Waals surface area contributed by atoms with Crippen molar-refractivity contribution in [2.75, 3.05) is 0 Å². The fourth-order valence-electron chi connectivity index (χ4n) is 0.274. The van der Waals surface area contributed by atoms with E-state index in [2.05, 4.69) is 6.65 Å². The van der Waals surface area contributed by atoms with Gasteiger partial charge < -0.3 is 5.11 Å². The van der Waals surface area contributed by atoms with Gasteiger partial charge in [0.1, 0.15) is 0 Å². The number of rotatable bonds is 1. The van der Waals surface area contributed by atoms with Crippen LogP contribution in [0.2, 0.25) is 0 Å². The fourth-order valence-corrected chi connectivity index (χ4v) is 0.274. The van der Waals surface area contributed by atoms with Gasteiger partial charge in [-0.25, -0.2) is 0 Å². The summed E-state index contributed by atoms with van der Waals surface area (Å²) in [7, 11) is 0. The molecule has 0 spiro atoms. The summed E-state index contributed by atoms with van der Waals surface area (Å²) in [6.45, 7) is 5.42. The van der Waals surface area contributed by atoms with E-state index in [4.69, 9.17) is 9.76 Å². The van der Waals surface area contributed by atoms with E-state index < -0.39 is 17.7 Å². The van der Waals surface area contributed by atoms with Crippen molar-refractivity contribution in [1.29, 1.82) is 0 Å². The van der Waals surface area contributed by atoms with E-state index >= 15 is 0 Å². The maximum absolute atomic E-state index is 11.3. The van der Waals surface area contributed by atoms with Crippen molar-refractivity contribution in [3.63, 3.8) is 0 Å². The molecule has 0 unspecified atom stereocenters. The summed E-state index contributed by atoms with van der Waals surface area (Å²) in [4.78, 5) is 9.96. The Balaban J connectivity index is -0.000000309. The minimum absolute atomic E-state index is 0. The van der Waals surface area contributed by atoms with Gasteiger partial charge in [0.05, 0.1) is 0 Å². The molecule has 69 valence electrons. The van der Waals surface area contributed by atoms with E-state index in [0.29, 0.717) is 0 Å². The molecule has 0 aromatic rings. The number of allylic oxidation sites excluding steroid dienone is 2. The summed E-state index contributed by atoms with van der Waals surface area (Å²) in [5.74, 6) is -2.70. The zero-order valence-corrected chi connectivity index (χ0v) is 7.82. The normalized spacial score (nSPS) is 10.5. The monoisotopic (exact) mass is 233 g/mol. The SMILES string of the molecule is CC(=O)/C=C(\O)C(F)(F)F.[C-]#[O+].[V+4]. The van der Waals surface area contributed by atoms with E-state index in [1.165, 1.54) is 0 Å². The molecule has 0 aromatic heterocycles. The van der Waals surface area contributed by atoms with E-state index in [9.17, 15) is 18.0 Å². The number of ketones is 1. The second-order valence-corrected chi connectivity index (χ2v) is 1.64. The van der Waals surface area contributed by atoms with Crippen LogP contribution in [0.25, 0.3) is 0 Å². The first kappa shape index (κ1) is 18.2. The molecule has 1 radical (unpaired) electrons. The van der Waals surface area contributed by atoms with Gasteiger partial charge in [0.25, 0.3) is 0 Å². The van der Waals surface area contributed by atoms with Crippen LogP contribution in [-0.2, 0) is 28.0 Å². The number of halogens is 3. The Morgan fingerprint density at radius 2 is 1.77 bits per heavy atom. The summed E-state index contributed by atoms with van der Waals surface area (Å²) in [5.41, 5.74) is 0. The Morgan fingerprint density at radius 3 is 1.85 bits per heavy atom. The predicted molar refractivity (Wildman–Crippen MR) is 31.4 cm³/mol. The zero-order chi connectivity index (χ0) is 10.4. The minimum Gasteiger partial charge on any atom is 4.00 e. The zero-order valence-electron chi connectivity index (χ0n) is 6.42. The average molecular weight is 233 g/mol. The second kappa shape index (κ2) is 7.95. The van der Waals surface area contributed by atoms with Crippen LogP contribution >= 0.6 is 0 Å². The van der Waals surface area contributed by atoms with Gasteiger partial charge in [-0.05, 0) is 6.92 Å². The first-order chi connectivity index (χ1) is 5.34. The third kappa shape index (κ3) is 11.3. The van der Waals surface area contributed by atoms with Crippen LogP contribution in [0.3, 0.4) is 0 Å². The number of aliphatic hydroxyl groups is 1. The van der Waals surface area contributed by atoms with Crippen molar-refractivity contribution < 1.29 is 46.3 Å². The molecule has 0 saturated carbocycles. The smallest absolute Gasteiger partial charge is 4.00 e. The molecule has 0 rings (SSSR count). The summed E-state index contributed by atoms with van der Waals surface area (Å²) in [6.07, 6.45) is -4.69. The Kier molecular flexibility index (Phi) is 11.1. The molecule has 0 heterocycles. The van der Waals surface area contributed by atoms with Crippen molar-refractivity contribution >= 4 is 5.78 Å². The number of alkyl halides is 3. The molecule has 3 nitrogen and oxygen atoms in total. The summed E-state index contributed by atoms with van der Waals surface area (Å²) < 4.78 is 41.5. The van der Waals surface area contributed by atoms with E-state index in [-0.39, 0.29) is 24.6 Å². The summed E-state index contributed by atoms with van der Waals surface area (Å²) >= 11 is 0. The Hall–Kier alpha value is -0.676. The van der Waals surface area contributed by atoms with Gasteiger partial charge >= 0.3 is 36.0 Å². The predicted octanol–water partition coefficient (Wildman–Crippen LogP) is 1.54. The first-order valence-corrected chi connectivity index (χ1v) is 2.53. The molecule has 0 amide bonds. The first-order valence-electron chi connectivity index (χ1n) is 2.53. The van der Waals surface area contributed by atoms with Crippen LogP contribution in [0.1, 0.15) is 6.92 Å². The molecule has 0 aromatic carbocycles. The fraction of sp³-hybridized carbons (Fsp3) is 0.333.